The highest BCUT2D eigenvalue weighted by Crippen LogP contribution is 2.32. The van der Waals surface area contributed by atoms with Crippen LogP contribution in [0.15, 0.2) is 54.7 Å². The number of amides is 1. The molecule has 1 amide bonds. The van der Waals surface area contributed by atoms with Crippen molar-refractivity contribution in [2.75, 3.05) is 11.9 Å². The number of hydrogen-bond acceptors (Lipinski definition) is 5. The van der Waals surface area contributed by atoms with Gasteiger partial charge in [0, 0.05) is 12.7 Å². The number of nitrogens with one attached hydrogen (secondary N) is 2. The van der Waals surface area contributed by atoms with E-state index in [2.05, 4.69) is 15.0 Å². The number of anilines is 1. The van der Waals surface area contributed by atoms with Gasteiger partial charge < -0.3 is 15.4 Å². The lowest BCUT2D eigenvalue weighted by atomic mass is 10.1. The van der Waals surface area contributed by atoms with Gasteiger partial charge in [-0.15, -0.1) is 0 Å². The molecule has 0 bridgehead atoms. The van der Waals surface area contributed by atoms with Crippen molar-refractivity contribution in [3.63, 3.8) is 0 Å². The molecule has 3 aromatic rings. The lowest BCUT2D eigenvalue weighted by Gasteiger charge is -2.11. The van der Waals surface area contributed by atoms with Crippen molar-refractivity contribution in [2.24, 2.45) is 0 Å². The summed E-state index contributed by atoms with van der Waals surface area (Å²) in [5.74, 6) is 0.313. The highest BCUT2D eigenvalue weighted by atomic mass is 35.5. The standard InChI is InChI=1S/C22H19ClF3N3O2S/c1-3-27-12-18(20(30)28-21-19(23)13(2)29-32-21)14-4-8-16(9-5-14)31-17-10-6-15(7-11-17)22(24,25)26/h4-12,27H,3H2,1-2H3,(H,28,30)/b18-12-. The predicted molar refractivity (Wildman–Crippen MR) is 120 cm³/mol. The van der Waals surface area contributed by atoms with Gasteiger partial charge in [0.05, 0.1) is 21.9 Å². The summed E-state index contributed by atoms with van der Waals surface area (Å²) in [7, 11) is 0. The summed E-state index contributed by atoms with van der Waals surface area (Å²) >= 11 is 7.25. The van der Waals surface area contributed by atoms with Gasteiger partial charge in [0.1, 0.15) is 16.5 Å². The Hall–Kier alpha value is -3.04. The Morgan fingerprint density at radius 1 is 1.12 bits per heavy atom. The first kappa shape index (κ1) is 23.6. The van der Waals surface area contributed by atoms with Crippen molar-refractivity contribution in [1.82, 2.24) is 9.69 Å². The Morgan fingerprint density at radius 3 is 2.22 bits per heavy atom. The van der Waals surface area contributed by atoms with E-state index in [1.54, 1.807) is 37.4 Å². The summed E-state index contributed by atoms with van der Waals surface area (Å²) in [5, 5.41) is 6.63. The minimum atomic E-state index is -4.40. The third kappa shape index (κ3) is 5.80. The molecule has 2 N–H and O–H groups in total. The van der Waals surface area contributed by atoms with Gasteiger partial charge in [-0.25, -0.2) is 0 Å². The van der Waals surface area contributed by atoms with Gasteiger partial charge in [0.15, 0.2) is 0 Å². The van der Waals surface area contributed by atoms with Crippen LogP contribution in [0, 0.1) is 6.92 Å². The van der Waals surface area contributed by atoms with Crippen molar-refractivity contribution < 1.29 is 22.7 Å². The molecule has 10 heteroatoms. The van der Waals surface area contributed by atoms with E-state index in [0.717, 1.165) is 23.7 Å². The first-order chi connectivity index (χ1) is 15.2. The largest absolute Gasteiger partial charge is 0.457 e. The van der Waals surface area contributed by atoms with Crippen LogP contribution >= 0.6 is 23.1 Å². The number of aryl methyl sites for hydroxylation is 1. The van der Waals surface area contributed by atoms with Gasteiger partial charge >= 0.3 is 6.18 Å². The maximum atomic E-state index is 12.8. The zero-order valence-electron chi connectivity index (χ0n) is 17.1. The summed E-state index contributed by atoms with van der Waals surface area (Å²) in [6.45, 7) is 4.27. The number of carbonyl (C=O) groups excluding carboxylic acids is 1. The first-order valence-corrected chi connectivity index (χ1v) is 10.7. The van der Waals surface area contributed by atoms with Gasteiger partial charge in [-0.3, -0.25) is 4.79 Å². The van der Waals surface area contributed by atoms with E-state index in [1.807, 2.05) is 6.92 Å². The molecule has 1 aromatic heterocycles. The fourth-order valence-corrected chi connectivity index (χ4v) is 3.57. The molecule has 0 saturated heterocycles. The van der Waals surface area contributed by atoms with Crippen LogP contribution in [0.25, 0.3) is 5.57 Å². The number of halogens is 4. The third-order valence-corrected chi connectivity index (χ3v) is 5.72. The van der Waals surface area contributed by atoms with Crippen LogP contribution in [0.3, 0.4) is 0 Å². The lowest BCUT2D eigenvalue weighted by molar-refractivity contribution is -0.137. The Kier molecular flexibility index (Phi) is 7.42. The van der Waals surface area contributed by atoms with Crippen LogP contribution in [0.2, 0.25) is 5.02 Å². The normalized spacial score (nSPS) is 11.9. The summed E-state index contributed by atoms with van der Waals surface area (Å²) in [6, 6.07) is 11.0. The van der Waals surface area contributed by atoms with Gasteiger partial charge in [0.25, 0.3) is 5.91 Å². The van der Waals surface area contributed by atoms with Gasteiger partial charge in [-0.05, 0) is 67.3 Å². The molecular weight excluding hydrogens is 463 g/mol. The molecule has 0 aliphatic rings. The zero-order valence-corrected chi connectivity index (χ0v) is 18.7. The molecule has 0 saturated carbocycles. The predicted octanol–water partition coefficient (Wildman–Crippen LogP) is 6.51. The minimum absolute atomic E-state index is 0.266. The Balaban J connectivity index is 1.76. The number of hydrogen-bond donors (Lipinski definition) is 2. The Bertz CT molecular complexity index is 1110. The van der Waals surface area contributed by atoms with E-state index in [9.17, 15) is 18.0 Å². The number of alkyl halides is 3. The fraction of sp³-hybridized carbons (Fsp3) is 0.182. The molecule has 0 unspecified atom stereocenters. The number of ether oxygens (including phenoxy) is 1. The quantitative estimate of drug-likeness (QED) is 0.378. The molecule has 168 valence electrons. The van der Waals surface area contributed by atoms with Crippen molar-refractivity contribution in [3.8, 4) is 11.5 Å². The van der Waals surface area contributed by atoms with E-state index < -0.39 is 11.7 Å². The molecule has 0 radical (unpaired) electrons. The zero-order chi connectivity index (χ0) is 23.3. The van der Waals surface area contributed by atoms with E-state index in [0.29, 0.717) is 39.1 Å². The SMILES string of the molecule is CCN/C=C(\C(=O)Nc1snc(C)c1Cl)c1ccc(Oc2ccc(C(F)(F)F)cc2)cc1. The summed E-state index contributed by atoms with van der Waals surface area (Å²) < 4.78 is 47.8. The van der Waals surface area contributed by atoms with Crippen molar-refractivity contribution in [1.29, 1.82) is 0 Å². The molecular formula is C22H19ClF3N3O2S. The Morgan fingerprint density at radius 2 is 1.72 bits per heavy atom. The molecule has 0 aliphatic carbocycles. The second-order valence-corrected chi connectivity index (χ2v) is 7.78. The highest BCUT2D eigenvalue weighted by Gasteiger charge is 2.30. The number of nitrogens with zero attached hydrogens (tertiary/aromatic N) is 1. The molecule has 32 heavy (non-hydrogen) atoms. The van der Waals surface area contributed by atoms with Crippen molar-refractivity contribution >= 4 is 39.6 Å². The molecule has 1 heterocycles. The molecule has 0 aliphatic heterocycles. The van der Waals surface area contributed by atoms with Crippen LogP contribution in [0.5, 0.6) is 11.5 Å². The van der Waals surface area contributed by atoms with Crippen LogP contribution in [0.4, 0.5) is 18.2 Å². The first-order valence-electron chi connectivity index (χ1n) is 9.51. The van der Waals surface area contributed by atoms with Gasteiger partial charge in [-0.1, -0.05) is 23.7 Å². The van der Waals surface area contributed by atoms with Gasteiger partial charge in [-0.2, -0.15) is 17.5 Å². The van der Waals surface area contributed by atoms with Crippen LogP contribution < -0.4 is 15.4 Å². The lowest BCUT2D eigenvalue weighted by Crippen LogP contribution is -2.16. The summed E-state index contributed by atoms with van der Waals surface area (Å²) in [4.78, 5) is 12.8. The summed E-state index contributed by atoms with van der Waals surface area (Å²) in [6.07, 6.45) is -2.80. The number of benzene rings is 2. The second-order valence-electron chi connectivity index (χ2n) is 6.63. The average Bonchev–Trinajstić information content (AvgIpc) is 3.07. The minimum Gasteiger partial charge on any atom is -0.457 e. The smallest absolute Gasteiger partial charge is 0.416 e. The third-order valence-electron chi connectivity index (χ3n) is 4.30. The molecule has 5 nitrogen and oxygen atoms in total. The van der Waals surface area contributed by atoms with Gasteiger partial charge in [0.2, 0.25) is 0 Å². The molecule has 2 aromatic carbocycles. The van der Waals surface area contributed by atoms with Crippen molar-refractivity contribution in [3.05, 3.63) is 76.6 Å². The van der Waals surface area contributed by atoms with Crippen LogP contribution in [-0.4, -0.2) is 16.8 Å². The van der Waals surface area contributed by atoms with Crippen LogP contribution in [0.1, 0.15) is 23.7 Å². The fourth-order valence-electron chi connectivity index (χ4n) is 2.64. The molecule has 3 rings (SSSR count). The van der Waals surface area contributed by atoms with E-state index >= 15 is 0 Å². The number of carbonyl (C=O) groups is 1. The maximum Gasteiger partial charge on any atom is 0.416 e. The maximum absolute atomic E-state index is 12.8. The Labute approximate surface area is 192 Å². The van der Waals surface area contributed by atoms with E-state index in [-0.39, 0.29) is 11.7 Å². The van der Waals surface area contributed by atoms with E-state index in [1.165, 1.54) is 12.1 Å². The number of rotatable bonds is 7. The average molecular weight is 482 g/mol. The van der Waals surface area contributed by atoms with Crippen molar-refractivity contribution in [2.45, 2.75) is 20.0 Å². The monoisotopic (exact) mass is 481 g/mol. The van der Waals surface area contributed by atoms with Crippen LogP contribution in [-0.2, 0) is 11.0 Å². The van der Waals surface area contributed by atoms with E-state index in [4.69, 9.17) is 16.3 Å². The summed E-state index contributed by atoms with van der Waals surface area (Å²) in [5.41, 5.74) is 0.866. The second kappa shape index (κ2) is 10.1. The number of aromatic nitrogens is 1. The molecule has 0 atom stereocenters. The molecule has 0 spiro atoms. The highest BCUT2D eigenvalue weighted by molar-refractivity contribution is 7.11. The molecule has 0 fully saturated rings. The topological polar surface area (TPSA) is 63.2 Å².